The summed E-state index contributed by atoms with van der Waals surface area (Å²) < 4.78 is 42.1. The van der Waals surface area contributed by atoms with Crippen LogP contribution in [-0.4, -0.2) is 11.8 Å². The molecule has 0 radical (unpaired) electrons. The molecule has 138 valence electrons. The molecule has 0 aromatic heterocycles. The Kier molecular flexibility index (Phi) is 5.59. The van der Waals surface area contributed by atoms with Crippen LogP contribution in [0, 0.1) is 18.6 Å². The van der Waals surface area contributed by atoms with Crippen molar-refractivity contribution in [1.29, 1.82) is 0 Å². The molecule has 26 heavy (non-hydrogen) atoms. The number of carbonyl (C=O) groups is 1. The molecule has 0 atom stereocenters. The third-order valence-corrected chi connectivity index (χ3v) is 3.07. The summed E-state index contributed by atoms with van der Waals surface area (Å²) in [7, 11) is 0. The van der Waals surface area contributed by atoms with Gasteiger partial charge in [0.1, 0.15) is 11.4 Å². The highest BCUT2D eigenvalue weighted by molar-refractivity contribution is 5.65. The summed E-state index contributed by atoms with van der Waals surface area (Å²) in [6.07, 6.45) is -1.05. The van der Waals surface area contributed by atoms with Crippen molar-refractivity contribution in [2.45, 2.75) is 33.3 Å². The molecule has 0 unspecified atom stereocenters. The van der Waals surface area contributed by atoms with Crippen LogP contribution in [0.25, 0.3) is 0 Å². The zero-order chi connectivity index (χ0) is 19.5. The molecule has 0 fully saturated rings. The first-order valence-corrected chi connectivity index (χ1v) is 7.74. The van der Waals surface area contributed by atoms with Gasteiger partial charge in [-0.15, -0.1) is 0 Å². The fraction of sp³-hybridized carbons (Fsp3) is 0.263. The standard InChI is InChI=1S/C19H18F2O5/c1-11-6-5-7-15(24-14-9-8-12(20)10-13(14)21)16(22)17(11)25-18(23)26-19(2,3)4/h5-10H,1-4H3. The van der Waals surface area contributed by atoms with Gasteiger partial charge in [-0.05, 0) is 51.5 Å². The second-order valence-corrected chi connectivity index (χ2v) is 6.47. The summed E-state index contributed by atoms with van der Waals surface area (Å²) in [5.74, 6) is -2.68. The number of halogens is 2. The molecule has 5 nitrogen and oxygen atoms in total. The second-order valence-electron chi connectivity index (χ2n) is 6.47. The van der Waals surface area contributed by atoms with Crippen LogP contribution in [0.2, 0.25) is 0 Å². The fourth-order valence-electron chi connectivity index (χ4n) is 1.96. The van der Waals surface area contributed by atoms with Crippen LogP contribution in [0.1, 0.15) is 26.3 Å². The van der Waals surface area contributed by atoms with Gasteiger partial charge in [-0.1, -0.05) is 12.1 Å². The van der Waals surface area contributed by atoms with E-state index in [1.807, 2.05) is 0 Å². The van der Waals surface area contributed by atoms with Gasteiger partial charge in [0.25, 0.3) is 5.43 Å². The molecule has 0 aliphatic rings. The van der Waals surface area contributed by atoms with Crippen molar-refractivity contribution in [3.8, 4) is 17.2 Å². The van der Waals surface area contributed by atoms with Crippen LogP contribution in [0.15, 0.2) is 41.2 Å². The van der Waals surface area contributed by atoms with Crippen molar-refractivity contribution < 1.29 is 27.8 Å². The Morgan fingerprint density at radius 1 is 1.04 bits per heavy atom. The normalized spacial score (nSPS) is 11.0. The molecule has 0 aliphatic heterocycles. The zero-order valence-electron chi connectivity index (χ0n) is 14.8. The highest BCUT2D eigenvalue weighted by Gasteiger charge is 2.21. The maximum atomic E-state index is 13.8. The molecule has 2 aromatic carbocycles. The maximum Gasteiger partial charge on any atom is 0.514 e. The van der Waals surface area contributed by atoms with Crippen molar-refractivity contribution in [3.05, 3.63) is 63.8 Å². The molecule has 0 saturated heterocycles. The Morgan fingerprint density at radius 2 is 1.73 bits per heavy atom. The summed E-state index contributed by atoms with van der Waals surface area (Å²) in [6.45, 7) is 6.51. The Balaban J connectivity index is 2.39. The zero-order valence-corrected chi connectivity index (χ0v) is 14.8. The Hall–Kier alpha value is -2.96. The lowest BCUT2D eigenvalue weighted by molar-refractivity contribution is 0.0202. The molecule has 0 saturated carbocycles. The first-order valence-electron chi connectivity index (χ1n) is 7.74. The summed E-state index contributed by atoms with van der Waals surface area (Å²) >= 11 is 0. The third kappa shape index (κ3) is 5.02. The van der Waals surface area contributed by atoms with Gasteiger partial charge in [0.05, 0.1) is 0 Å². The first kappa shape index (κ1) is 19.4. The van der Waals surface area contributed by atoms with E-state index in [0.717, 1.165) is 12.1 Å². The van der Waals surface area contributed by atoms with E-state index in [1.165, 1.54) is 18.2 Å². The number of benzene rings is 1. The van der Waals surface area contributed by atoms with Crippen molar-refractivity contribution in [3.63, 3.8) is 0 Å². The van der Waals surface area contributed by atoms with E-state index in [9.17, 15) is 18.4 Å². The second kappa shape index (κ2) is 7.51. The van der Waals surface area contributed by atoms with E-state index in [0.29, 0.717) is 11.6 Å². The van der Waals surface area contributed by atoms with E-state index < -0.39 is 28.8 Å². The lowest BCUT2D eigenvalue weighted by atomic mass is 10.2. The molecular formula is C19H18F2O5. The van der Waals surface area contributed by atoms with E-state index in [2.05, 4.69) is 0 Å². The van der Waals surface area contributed by atoms with Gasteiger partial charge in [-0.2, -0.15) is 0 Å². The SMILES string of the molecule is Cc1cccc(Oc2ccc(F)cc2F)c(=O)c1OC(=O)OC(C)(C)C. The van der Waals surface area contributed by atoms with Crippen LogP contribution in [0.5, 0.6) is 17.2 Å². The van der Waals surface area contributed by atoms with Crippen LogP contribution in [0.4, 0.5) is 13.6 Å². The van der Waals surface area contributed by atoms with Crippen LogP contribution in [0.3, 0.4) is 0 Å². The van der Waals surface area contributed by atoms with Crippen LogP contribution >= 0.6 is 0 Å². The van der Waals surface area contributed by atoms with E-state index >= 15 is 0 Å². The van der Waals surface area contributed by atoms with E-state index in [-0.39, 0.29) is 17.2 Å². The van der Waals surface area contributed by atoms with Gasteiger partial charge in [-0.3, -0.25) is 4.79 Å². The van der Waals surface area contributed by atoms with Gasteiger partial charge in [0.2, 0.25) is 0 Å². The molecular weight excluding hydrogens is 346 g/mol. The number of ether oxygens (including phenoxy) is 3. The predicted octanol–water partition coefficient (Wildman–Crippen LogP) is 4.74. The molecule has 0 N–H and O–H groups in total. The number of hydrogen-bond donors (Lipinski definition) is 0. The van der Waals surface area contributed by atoms with Gasteiger partial charge in [-0.25, -0.2) is 13.6 Å². The molecule has 0 heterocycles. The lowest BCUT2D eigenvalue weighted by Gasteiger charge is -2.18. The maximum absolute atomic E-state index is 13.8. The quantitative estimate of drug-likeness (QED) is 0.736. The molecule has 7 heteroatoms. The Bertz CT molecular complexity index is 888. The van der Waals surface area contributed by atoms with Gasteiger partial charge < -0.3 is 14.2 Å². The van der Waals surface area contributed by atoms with E-state index in [1.54, 1.807) is 27.7 Å². The van der Waals surface area contributed by atoms with Crippen molar-refractivity contribution >= 4 is 6.16 Å². The largest absolute Gasteiger partial charge is 0.514 e. The minimum Gasteiger partial charge on any atom is -0.450 e. The smallest absolute Gasteiger partial charge is 0.450 e. The summed E-state index contributed by atoms with van der Waals surface area (Å²) in [5, 5.41) is 0. The molecule has 2 rings (SSSR count). The van der Waals surface area contributed by atoms with Gasteiger partial charge >= 0.3 is 6.16 Å². The average molecular weight is 364 g/mol. The molecule has 0 amide bonds. The average Bonchev–Trinajstić information content (AvgIpc) is 2.62. The number of carbonyl (C=O) groups excluding carboxylic acids is 1. The van der Waals surface area contributed by atoms with Crippen molar-refractivity contribution in [1.82, 2.24) is 0 Å². The summed E-state index contributed by atoms with van der Waals surface area (Å²) in [5.41, 5.74) is -1.22. The molecule has 0 aliphatic carbocycles. The number of rotatable bonds is 3. The Morgan fingerprint density at radius 3 is 2.35 bits per heavy atom. The number of hydrogen-bond acceptors (Lipinski definition) is 5. The topological polar surface area (TPSA) is 61.8 Å². The van der Waals surface area contributed by atoms with Crippen LogP contribution < -0.4 is 14.9 Å². The summed E-state index contributed by atoms with van der Waals surface area (Å²) in [4.78, 5) is 24.5. The van der Waals surface area contributed by atoms with Crippen LogP contribution in [-0.2, 0) is 4.74 Å². The van der Waals surface area contributed by atoms with Gasteiger partial charge in [0, 0.05) is 6.07 Å². The van der Waals surface area contributed by atoms with Crippen molar-refractivity contribution in [2.24, 2.45) is 0 Å². The molecule has 0 bridgehead atoms. The predicted molar refractivity (Wildman–Crippen MR) is 90.7 cm³/mol. The van der Waals surface area contributed by atoms with E-state index in [4.69, 9.17) is 14.2 Å². The first-order chi connectivity index (χ1) is 12.1. The summed E-state index contributed by atoms with van der Waals surface area (Å²) in [6, 6.07) is 6.98. The highest BCUT2D eigenvalue weighted by atomic mass is 19.1. The monoisotopic (exact) mass is 364 g/mol. The lowest BCUT2D eigenvalue weighted by Crippen LogP contribution is -2.27. The van der Waals surface area contributed by atoms with Crippen molar-refractivity contribution in [2.75, 3.05) is 0 Å². The molecule has 2 aromatic rings. The molecule has 0 spiro atoms. The fourth-order valence-corrected chi connectivity index (χ4v) is 1.96. The number of aryl methyl sites for hydroxylation is 1. The Labute approximate surface area is 149 Å². The third-order valence-electron chi connectivity index (χ3n) is 3.07. The highest BCUT2D eigenvalue weighted by Crippen LogP contribution is 2.25. The minimum atomic E-state index is -1.05. The van der Waals surface area contributed by atoms with Gasteiger partial charge in [0.15, 0.2) is 23.1 Å². The minimum absolute atomic E-state index is 0.290.